The second-order valence-electron chi connectivity index (χ2n) is 5.20. The third kappa shape index (κ3) is 6.73. The molecule has 130 valence electrons. The lowest BCUT2D eigenvalue weighted by Gasteiger charge is -2.09. The minimum absolute atomic E-state index is 0.191. The predicted molar refractivity (Wildman–Crippen MR) is 102 cm³/mol. The van der Waals surface area contributed by atoms with E-state index < -0.39 is 0 Å². The number of amides is 1. The molecule has 0 spiro atoms. The molecule has 4 nitrogen and oxygen atoms in total. The quantitative estimate of drug-likeness (QED) is 0.602. The van der Waals surface area contributed by atoms with Gasteiger partial charge < -0.3 is 10.1 Å². The summed E-state index contributed by atoms with van der Waals surface area (Å²) in [5.41, 5.74) is 1.47. The first-order valence-corrected chi connectivity index (χ1v) is 8.26. The SMILES string of the molecule is CCCOc1ccc(NC(=S)NC(=O)/C=C/c2ccc(F)cc2)cc1. The first kappa shape index (κ1) is 18.6. The van der Waals surface area contributed by atoms with Crippen LogP contribution in [0.15, 0.2) is 54.6 Å². The summed E-state index contributed by atoms with van der Waals surface area (Å²) in [4.78, 5) is 11.8. The summed E-state index contributed by atoms with van der Waals surface area (Å²) >= 11 is 5.11. The monoisotopic (exact) mass is 358 g/mol. The zero-order valence-electron chi connectivity index (χ0n) is 13.8. The van der Waals surface area contributed by atoms with Crippen LogP contribution in [-0.4, -0.2) is 17.6 Å². The van der Waals surface area contributed by atoms with Gasteiger partial charge >= 0.3 is 0 Å². The zero-order chi connectivity index (χ0) is 18.1. The Morgan fingerprint density at radius 1 is 1.16 bits per heavy atom. The fourth-order valence-corrected chi connectivity index (χ4v) is 2.13. The molecule has 1 amide bonds. The third-order valence-electron chi connectivity index (χ3n) is 3.12. The van der Waals surface area contributed by atoms with Crippen LogP contribution in [0.1, 0.15) is 18.9 Å². The molecule has 0 aromatic heterocycles. The van der Waals surface area contributed by atoms with Gasteiger partial charge in [0, 0.05) is 11.8 Å². The maximum Gasteiger partial charge on any atom is 0.250 e. The number of hydrogen-bond acceptors (Lipinski definition) is 3. The van der Waals surface area contributed by atoms with E-state index in [1.165, 1.54) is 18.2 Å². The van der Waals surface area contributed by atoms with Crippen molar-refractivity contribution >= 4 is 35.0 Å². The maximum absolute atomic E-state index is 12.8. The Labute approximate surface area is 151 Å². The molecule has 25 heavy (non-hydrogen) atoms. The molecule has 0 atom stereocenters. The van der Waals surface area contributed by atoms with Gasteiger partial charge in [-0.3, -0.25) is 10.1 Å². The number of halogens is 1. The zero-order valence-corrected chi connectivity index (χ0v) is 14.6. The van der Waals surface area contributed by atoms with Crippen molar-refractivity contribution in [3.05, 3.63) is 66.0 Å². The van der Waals surface area contributed by atoms with Gasteiger partial charge in [0.1, 0.15) is 11.6 Å². The van der Waals surface area contributed by atoms with Crippen LogP contribution in [0.3, 0.4) is 0 Å². The van der Waals surface area contributed by atoms with Crippen LogP contribution >= 0.6 is 12.2 Å². The largest absolute Gasteiger partial charge is 0.494 e. The first-order valence-electron chi connectivity index (χ1n) is 7.85. The molecule has 0 heterocycles. The Balaban J connectivity index is 1.82. The predicted octanol–water partition coefficient (Wildman–Crippen LogP) is 4.14. The fourth-order valence-electron chi connectivity index (χ4n) is 1.92. The van der Waals surface area contributed by atoms with Crippen LogP contribution in [0.4, 0.5) is 10.1 Å². The van der Waals surface area contributed by atoms with E-state index >= 15 is 0 Å². The van der Waals surface area contributed by atoms with Gasteiger partial charge in [-0.25, -0.2) is 4.39 Å². The van der Waals surface area contributed by atoms with Gasteiger partial charge in [0.15, 0.2) is 5.11 Å². The highest BCUT2D eigenvalue weighted by Crippen LogP contribution is 2.15. The van der Waals surface area contributed by atoms with Crippen LogP contribution in [-0.2, 0) is 4.79 Å². The van der Waals surface area contributed by atoms with Gasteiger partial charge in [-0.1, -0.05) is 19.1 Å². The van der Waals surface area contributed by atoms with E-state index in [1.54, 1.807) is 18.2 Å². The summed E-state index contributed by atoms with van der Waals surface area (Å²) in [6.45, 7) is 2.71. The van der Waals surface area contributed by atoms with Gasteiger partial charge in [-0.05, 0) is 66.7 Å². The van der Waals surface area contributed by atoms with Gasteiger partial charge in [-0.15, -0.1) is 0 Å². The Morgan fingerprint density at radius 3 is 2.48 bits per heavy atom. The highest BCUT2D eigenvalue weighted by Gasteiger charge is 2.02. The number of hydrogen-bond donors (Lipinski definition) is 2. The van der Waals surface area contributed by atoms with Crippen LogP contribution in [0, 0.1) is 5.82 Å². The van der Waals surface area contributed by atoms with E-state index in [4.69, 9.17) is 17.0 Å². The van der Waals surface area contributed by atoms with Crippen molar-refractivity contribution in [1.29, 1.82) is 0 Å². The van der Waals surface area contributed by atoms with Gasteiger partial charge in [0.2, 0.25) is 5.91 Å². The number of carbonyl (C=O) groups excluding carboxylic acids is 1. The van der Waals surface area contributed by atoms with E-state index in [9.17, 15) is 9.18 Å². The van der Waals surface area contributed by atoms with E-state index in [2.05, 4.69) is 10.6 Å². The molecule has 6 heteroatoms. The van der Waals surface area contributed by atoms with Crippen LogP contribution in [0.2, 0.25) is 0 Å². The number of rotatable bonds is 6. The van der Waals surface area contributed by atoms with Crippen molar-refractivity contribution in [1.82, 2.24) is 5.32 Å². The molecule has 0 unspecified atom stereocenters. The Bertz CT molecular complexity index is 743. The molecule has 0 bridgehead atoms. The molecular weight excluding hydrogens is 339 g/mol. The van der Waals surface area contributed by atoms with Crippen molar-refractivity contribution in [2.45, 2.75) is 13.3 Å². The molecule has 0 radical (unpaired) electrons. The fraction of sp³-hybridized carbons (Fsp3) is 0.158. The molecule has 0 saturated heterocycles. The molecule has 2 N–H and O–H groups in total. The number of ether oxygens (including phenoxy) is 1. The molecule has 0 aliphatic carbocycles. The highest BCUT2D eigenvalue weighted by molar-refractivity contribution is 7.80. The van der Waals surface area contributed by atoms with Crippen molar-refractivity contribution in [2.24, 2.45) is 0 Å². The number of benzene rings is 2. The Morgan fingerprint density at radius 2 is 1.84 bits per heavy atom. The minimum Gasteiger partial charge on any atom is -0.494 e. The molecular formula is C19H19FN2O2S. The Hall–Kier alpha value is -2.73. The summed E-state index contributed by atoms with van der Waals surface area (Å²) in [6.07, 6.45) is 3.86. The maximum atomic E-state index is 12.8. The van der Waals surface area contributed by atoms with Crippen molar-refractivity contribution in [3.8, 4) is 5.75 Å². The van der Waals surface area contributed by atoms with Gasteiger partial charge in [0.25, 0.3) is 0 Å². The number of anilines is 1. The van der Waals surface area contributed by atoms with Gasteiger partial charge in [-0.2, -0.15) is 0 Å². The van der Waals surface area contributed by atoms with Crippen LogP contribution < -0.4 is 15.4 Å². The van der Waals surface area contributed by atoms with E-state index in [0.717, 1.165) is 23.4 Å². The topological polar surface area (TPSA) is 50.4 Å². The first-order chi connectivity index (χ1) is 12.1. The van der Waals surface area contributed by atoms with E-state index in [1.807, 2.05) is 31.2 Å². The van der Waals surface area contributed by atoms with Gasteiger partial charge in [0.05, 0.1) is 6.61 Å². The number of thiocarbonyl (C=S) groups is 1. The summed E-state index contributed by atoms with van der Waals surface area (Å²) in [6, 6.07) is 13.1. The smallest absolute Gasteiger partial charge is 0.250 e. The molecule has 0 aliphatic heterocycles. The lowest BCUT2D eigenvalue weighted by molar-refractivity contribution is -0.115. The van der Waals surface area contributed by atoms with Crippen molar-refractivity contribution in [3.63, 3.8) is 0 Å². The van der Waals surface area contributed by atoms with Crippen molar-refractivity contribution in [2.75, 3.05) is 11.9 Å². The van der Waals surface area contributed by atoms with Crippen molar-refractivity contribution < 1.29 is 13.9 Å². The molecule has 0 saturated carbocycles. The lowest BCUT2D eigenvalue weighted by Crippen LogP contribution is -2.32. The molecule has 2 aromatic rings. The van der Waals surface area contributed by atoms with Crippen LogP contribution in [0.25, 0.3) is 6.08 Å². The second kappa shape index (κ2) is 9.54. The summed E-state index contributed by atoms with van der Waals surface area (Å²) < 4.78 is 18.3. The minimum atomic E-state index is -0.371. The summed E-state index contributed by atoms with van der Waals surface area (Å²) in [5, 5.41) is 5.66. The highest BCUT2D eigenvalue weighted by atomic mass is 32.1. The third-order valence-corrected chi connectivity index (χ3v) is 3.32. The average molecular weight is 358 g/mol. The molecule has 2 rings (SSSR count). The summed E-state index contributed by atoms with van der Waals surface area (Å²) in [5.74, 6) is 0.0902. The molecule has 0 aliphatic rings. The Kier molecular flexibility index (Phi) is 7.10. The summed E-state index contributed by atoms with van der Waals surface area (Å²) in [7, 11) is 0. The molecule has 0 fully saturated rings. The lowest BCUT2D eigenvalue weighted by atomic mass is 10.2. The van der Waals surface area contributed by atoms with E-state index in [0.29, 0.717) is 6.61 Å². The van der Waals surface area contributed by atoms with Crippen LogP contribution in [0.5, 0.6) is 5.75 Å². The average Bonchev–Trinajstić information content (AvgIpc) is 2.60. The second-order valence-corrected chi connectivity index (χ2v) is 5.61. The standard InChI is InChI=1S/C19H19FN2O2S/c1-2-13-24-17-10-8-16(9-11-17)21-19(25)22-18(23)12-5-14-3-6-15(20)7-4-14/h3-12H,2,13H2,1H3,(H2,21,22,23,25)/b12-5+. The number of nitrogens with one attached hydrogen (secondary N) is 2. The normalized spacial score (nSPS) is 10.5. The number of carbonyl (C=O) groups is 1. The van der Waals surface area contributed by atoms with E-state index in [-0.39, 0.29) is 16.8 Å². The molecule has 2 aromatic carbocycles.